The third kappa shape index (κ3) is 3.88. The zero-order valence-corrected chi connectivity index (χ0v) is 11.4. The number of alkyl halides is 17. The summed E-state index contributed by atoms with van der Waals surface area (Å²) in [7, 11) is 0. The monoisotopic (exact) mass is 448 g/mol. The second-order valence-corrected chi connectivity index (χ2v) is 4.71. The summed E-state index contributed by atoms with van der Waals surface area (Å²) in [5.74, 6) is -12.2. The van der Waals surface area contributed by atoms with Gasteiger partial charge in [-0.05, 0) is 0 Å². The van der Waals surface area contributed by atoms with Crippen LogP contribution in [0.25, 0.3) is 0 Å². The number of halogens is 17. The van der Waals surface area contributed by atoms with E-state index < -0.39 is 53.9 Å². The summed E-state index contributed by atoms with van der Waals surface area (Å²) in [6.07, 6.45) is -39.6. The highest BCUT2D eigenvalue weighted by molar-refractivity contribution is 5.89. The number of hydrogen-bond acceptors (Lipinski definition) is 1. The van der Waals surface area contributed by atoms with Crippen LogP contribution in [0.3, 0.4) is 0 Å². The fraction of sp³-hybridized carbons (Fsp3) is 0.889. The van der Waals surface area contributed by atoms with Crippen LogP contribution >= 0.6 is 0 Å². The van der Waals surface area contributed by atoms with Crippen LogP contribution < -0.4 is 0 Å². The van der Waals surface area contributed by atoms with Crippen LogP contribution in [0, 0.1) is 5.92 Å². The number of carbonyl (C=O) groups is 1. The molecule has 0 aromatic rings. The van der Waals surface area contributed by atoms with Crippen molar-refractivity contribution in [1.29, 1.82) is 0 Å². The Kier molecular flexibility index (Phi) is 5.90. The molecule has 0 bridgehead atoms. The zero-order chi connectivity index (χ0) is 22.7. The van der Waals surface area contributed by atoms with Crippen LogP contribution in [-0.4, -0.2) is 48.0 Å². The van der Waals surface area contributed by atoms with Crippen molar-refractivity contribution >= 4 is 5.78 Å². The van der Waals surface area contributed by atoms with Gasteiger partial charge >= 0.3 is 42.2 Å². The van der Waals surface area contributed by atoms with E-state index in [-0.39, 0.29) is 0 Å². The van der Waals surface area contributed by atoms with Gasteiger partial charge in [0.2, 0.25) is 5.78 Å². The minimum atomic E-state index is -8.22. The molecular weight excluding hydrogens is 447 g/mol. The Labute approximate surface area is 135 Å². The van der Waals surface area contributed by atoms with Gasteiger partial charge in [-0.3, -0.25) is 4.79 Å². The Morgan fingerprint density at radius 2 is 0.630 bits per heavy atom. The molecule has 18 heteroatoms. The molecule has 0 spiro atoms. The lowest BCUT2D eigenvalue weighted by Gasteiger charge is -2.43. The number of hydrogen-bond donors (Lipinski definition) is 0. The van der Waals surface area contributed by atoms with Gasteiger partial charge in [0.15, 0.2) is 0 Å². The van der Waals surface area contributed by atoms with Gasteiger partial charge in [-0.25, -0.2) is 8.78 Å². The highest BCUT2D eigenvalue weighted by atomic mass is 19.4. The van der Waals surface area contributed by atoms with Crippen molar-refractivity contribution in [2.24, 2.45) is 5.92 Å². The fourth-order valence-corrected chi connectivity index (χ4v) is 1.78. The summed E-state index contributed by atoms with van der Waals surface area (Å²) in [5.41, 5.74) is -16.4. The third-order valence-corrected chi connectivity index (χ3v) is 2.99. The molecule has 0 aromatic carbocycles. The predicted molar refractivity (Wildman–Crippen MR) is 46.4 cm³/mol. The maximum absolute atomic E-state index is 13.6. The van der Waals surface area contributed by atoms with Gasteiger partial charge in [0.05, 0.1) is 0 Å². The molecule has 0 radical (unpaired) electrons. The molecule has 0 unspecified atom stereocenters. The quantitative estimate of drug-likeness (QED) is 0.529. The van der Waals surface area contributed by atoms with E-state index in [2.05, 4.69) is 0 Å². The van der Waals surface area contributed by atoms with Crippen molar-refractivity contribution < 1.29 is 79.4 Å². The molecule has 1 nitrogen and oxygen atoms in total. The van der Waals surface area contributed by atoms with Crippen molar-refractivity contribution in [1.82, 2.24) is 0 Å². The average molecular weight is 448 g/mol. The van der Waals surface area contributed by atoms with Crippen molar-refractivity contribution in [3.63, 3.8) is 0 Å². The van der Waals surface area contributed by atoms with Crippen LogP contribution in [0.4, 0.5) is 74.6 Å². The minimum absolute atomic E-state index is 5.23. The molecule has 0 saturated carbocycles. The first-order valence-electron chi connectivity index (χ1n) is 5.53. The molecule has 0 amide bonds. The summed E-state index contributed by atoms with van der Waals surface area (Å²) >= 11 is 0. The van der Waals surface area contributed by atoms with Gasteiger partial charge in [-0.1, -0.05) is 0 Å². The summed E-state index contributed by atoms with van der Waals surface area (Å²) in [5, 5.41) is 0. The third-order valence-electron chi connectivity index (χ3n) is 2.99. The second-order valence-electron chi connectivity index (χ2n) is 4.71. The minimum Gasteiger partial charge on any atom is -0.289 e. The Morgan fingerprint density at radius 3 is 0.741 bits per heavy atom. The molecule has 0 saturated heterocycles. The number of ketones is 1. The smallest absolute Gasteiger partial charge is 0.289 e. The lowest BCUT2D eigenvalue weighted by molar-refractivity contribution is -0.412. The van der Waals surface area contributed by atoms with Gasteiger partial charge in [0, 0.05) is 0 Å². The Bertz CT molecular complexity index is 487. The van der Waals surface area contributed by atoms with Crippen molar-refractivity contribution in [3.05, 3.63) is 0 Å². The van der Waals surface area contributed by atoms with E-state index >= 15 is 0 Å². The molecule has 0 heterocycles. The summed E-state index contributed by atoms with van der Waals surface area (Å²) in [4.78, 5) is 10.6. The van der Waals surface area contributed by atoms with Crippen LogP contribution in [-0.2, 0) is 4.79 Å². The Hall–Kier alpha value is -1.52. The molecule has 0 aliphatic heterocycles. The molecule has 0 aliphatic rings. The first kappa shape index (κ1) is 25.5. The van der Waals surface area contributed by atoms with Gasteiger partial charge in [-0.15, -0.1) is 0 Å². The number of carbonyl (C=O) groups excluding carboxylic acids is 1. The van der Waals surface area contributed by atoms with Crippen LogP contribution in [0.2, 0.25) is 0 Å². The lowest BCUT2D eigenvalue weighted by atomic mass is 9.72. The van der Waals surface area contributed by atoms with E-state index in [9.17, 15) is 79.4 Å². The van der Waals surface area contributed by atoms with E-state index in [1.807, 2.05) is 0 Å². The van der Waals surface area contributed by atoms with Crippen LogP contribution in [0.15, 0.2) is 0 Å². The lowest BCUT2D eigenvalue weighted by Crippen LogP contribution is -2.73. The van der Waals surface area contributed by atoms with Crippen LogP contribution in [0.1, 0.15) is 0 Å². The number of Topliss-reactive ketones (excluding diaryl/α,β-unsaturated/α-hetero) is 1. The summed E-state index contributed by atoms with van der Waals surface area (Å²) < 4.78 is 212. The Morgan fingerprint density at radius 1 is 0.444 bits per heavy atom. The highest BCUT2D eigenvalue weighted by Gasteiger charge is 2.91. The van der Waals surface area contributed by atoms with Gasteiger partial charge in [-0.2, -0.15) is 65.9 Å². The van der Waals surface area contributed by atoms with E-state index in [4.69, 9.17) is 0 Å². The number of rotatable bonds is 3. The molecule has 0 aliphatic carbocycles. The predicted octanol–water partition coefficient (Wildman–Crippen LogP) is 5.40. The molecule has 0 aromatic heterocycles. The van der Waals surface area contributed by atoms with Gasteiger partial charge < -0.3 is 0 Å². The first-order chi connectivity index (χ1) is 11.3. The first-order valence-corrected chi connectivity index (χ1v) is 5.53. The van der Waals surface area contributed by atoms with E-state index in [0.29, 0.717) is 0 Å². The normalized spacial score (nSPS) is 16.1. The molecule has 0 fully saturated rings. The standard InChI is InChI=1S/C9HF17O/c10-3(6(15,16)17,7(18,19)20)1(2(27)5(12,13)14)4(11,8(21,22)23)9(24,25)26/h1H. The maximum atomic E-state index is 13.6. The fourth-order valence-electron chi connectivity index (χ4n) is 1.78. The van der Waals surface area contributed by atoms with E-state index in [1.54, 1.807) is 0 Å². The van der Waals surface area contributed by atoms with Crippen LogP contribution in [0.5, 0.6) is 0 Å². The molecular formula is C9HF17O. The molecule has 0 rings (SSSR count). The summed E-state index contributed by atoms with van der Waals surface area (Å²) in [6.45, 7) is 0. The maximum Gasteiger partial charge on any atom is 0.450 e. The molecule has 0 atom stereocenters. The van der Waals surface area contributed by atoms with E-state index in [1.165, 1.54) is 0 Å². The zero-order valence-electron chi connectivity index (χ0n) is 11.4. The van der Waals surface area contributed by atoms with Crippen molar-refractivity contribution in [2.75, 3.05) is 0 Å². The largest absolute Gasteiger partial charge is 0.450 e. The molecule has 27 heavy (non-hydrogen) atoms. The van der Waals surface area contributed by atoms with Gasteiger partial charge in [0.1, 0.15) is 5.92 Å². The summed E-state index contributed by atoms with van der Waals surface area (Å²) in [6, 6.07) is 0. The average Bonchev–Trinajstić information content (AvgIpc) is 2.31. The van der Waals surface area contributed by atoms with Crippen molar-refractivity contribution in [3.8, 4) is 0 Å². The molecule has 0 N–H and O–H groups in total. The molecule has 162 valence electrons. The second kappa shape index (κ2) is 6.25. The highest BCUT2D eigenvalue weighted by Crippen LogP contribution is 2.62. The SMILES string of the molecule is O=C(C(C(F)(C(F)(F)F)C(F)(F)F)C(F)(C(F)(F)F)C(F)(F)F)C(F)(F)F. The van der Waals surface area contributed by atoms with E-state index in [0.717, 1.165) is 0 Å². The van der Waals surface area contributed by atoms with Crippen molar-refractivity contribution in [2.45, 2.75) is 42.2 Å². The topological polar surface area (TPSA) is 17.1 Å². The Balaban J connectivity index is 7.49. The van der Waals surface area contributed by atoms with Gasteiger partial charge in [0.25, 0.3) is 0 Å².